The predicted octanol–water partition coefficient (Wildman–Crippen LogP) is 1.97. The van der Waals surface area contributed by atoms with Crippen LogP contribution in [0, 0.1) is 0 Å². The normalized spacial score (nSPS) is 17.1. The van der Waals surface area contributed by atoms with Gasteiger partial charge in [-0.3, -0.25) is 14.7 Å². The molecule has 1 heterocycles. The van der Waals surface area contributed by atoms with Gasteiger partial charge in [0.2, 0.25) is 0 Å². The molecule has 0 aromatic carbocycles. The van der Waals surface area contributed by atoms with Gasteiger partial charge in [0, 0.05) is 23.7 Å². The first-order valence-electron chi connectivity index (χ1n) is 5.59. The summed E-state index contributed by atoms with van der Waals surface area (Å²) >= 11 is 1.59. The van der Waals surface area contributed by atoms with Crippen molar-refractivity contribution in [3.8, 4) is 0 Å². The molecule has 4 nitrogen and oxygen atoms in total. The van der Waals surface area contributed by atoms with E-state index in [1.165, 1.54) is 12.8 Å². The van der Waals surface area contributed by atoms with Crippen LogP contribution in [-0.2, 0) is 11.3 Å². The number of hydrogen-bond donors (Lipinski definition) is 1. The van der Waals surface area contributed by atoms with Crippen LogP contribution in [0.1, 0.15) is 30.6 Å². The van der Waals surface area contributed by atoms with Crippen molar-refractivity contribution in [2.24, 2.45) is 0 Å². The van der Waals surface area contributed by atoms with E-state index in [9.17, 15) is 4.79 Å². The van der Waals surface area contributed by atoms with Crippen molar-refractivity contribution >= 4 is 17.3 Å². The van der Waals surface area contributed by atoms with Crippen molar-refractivity contribution < 1.29 is 9.90 Å². The largest absolute Gasteiger partial charge is 0.480 e. The van der Waals surface area contributed by atoms with Crippen LogP contribution in [0.2, 0.25) is 0 Å². The maximum Gasteiger partial charge on any atom is 0.317 e. The molecule has 1 saturated carbocycles. The Labute approximate surface area is 98.9 Å². The number of aromatic nitrogens is 1. The smallest absolute Gasteiger partial charge is 0.317 e. The summed E-state index contributed by atoms with van der Waals surface area (Å²) in [6.45, 7) is 0.865. The Bertz CT molecular complexity index is 334. The second-order valence-electron chi connectivity index (χ2n) is 4.20. The highest BCUT2D eigenvalue weighted by atomic mass is 32.1. The molecule has 88 valence electrons. The van der Waals surface area contributed by atoms with E-state index in [1.807, 2.05) is 6.20 Å². The van der Waals surface area contributed by atoms with Gasteiger partial charge in [-0.25, -0.2) is 0 Å². The Balaban J connectivity index is 1.98. The first-order chi connectivity index (χ1) is 7.75. The van der Waals surface area contributed by atoms with Crippen LogP contribution < -0.4 is 0 Å². The number of hydrogen-bond acceptors (Lipinski definition) is 4. The third-order valence-electron chi connectivity index (χ3n) is 3.02. The lowest BCUT2D eigenvalue weighted by Crippen LogP contribution is -2.36. The van der Waals surface area contributed by atoms with E-state index in [4.69, 9.17) is 5.11 Å². The summed E-state index contributed by atoms with van der Waals surface area (Å²) in [6, 6.07) is 0.443. The van der Waals surface area contributed by atoms with Gasteiger partial charge in [-0.15, -0.1) is 11.3 Å². The third-order valence-corrected chi connectivity index (χ3v) is 3.79. The Morgan fingerprint density at radius 1 is 1.56 bits per heavy atom. The van der Waals surface area contributed by atoms with Crippen LogP contribution in [0.25, 0.3) is 0 Å². The van der Waals surface area contributed by atoms with Crippen LogP contribution in [0.15, 0.2) is 11.7 Å². The lowest BCUT2D eigenvalue weighted by molar-refractivity contribution is -0.139. The van der Waals surface area contributed by atoms with Crippen molar-refractivity contribution in [2.75, 3.05) is 6.54 Å². The first kappa shape index (κ1) is 11.5. The van der Waals surface area contributed by atoms with E-state index in [-0.39, 0.29) is 6.54 Å². The van der Waals surface area contributed by atoms with Crippen molar-refractivity contribution in [3.63, 3.8) is 0 Å². The third kappa shape index (κ3) is 3.02. The summed E-state index contributed by atoms with van der Waals surface area (Å²) in [6.07, 6.45) is 6.54. The zero-order valence-electron chi connectivity index (χ0n) is 9.13. The van der Waals surface area contributed by atoms with Gasteiger partial charge < -0.3 is 5.11 Å². The van der Waals surface area contributed by atoms with E-state index >= 15 is 0 Å². The molecule has 0 amide bonds. The molecule has 1 fully saturated rings. The summed E-state index contributed by atoms with van der Waals surface area (Å²) in [5.41, 5.74) is 1.79. The van der Waals surface area contributed by atoms with Gasteiger partial charge in [-0.2, -0.15) is 0 Å². The fourth-order valence-corrected chi connectivity index (χ4v) is 2.90. The fourth-order valence-electron chi connectivity index (χ4n) is 2.28. The molecule has 1 aliphatic carbocycles. The topological polar surface area (TPSA) is 53.4 Å². The Hall–Kier alpha value is -0.940. The number of carboxylic acids is 1. The SMILES string of the molecule is O=C(O)CN(Cc1cncs1)C1CCCC1. The lowest BCUT2D eigenvalue weighted by atomic mass is 10.2. The molecular weight excluding hydrogens is 224 g/mol. The van der Waals surface area contributed by atoms with Crippen molar-refractivity contribution in [1.82, 2.24) is 9.88 Å². The molecule has 1 aromatic heterocycles. The molecule has 0 bridgehead atoms. The maximum absolute atomic E-state index is 10.8. The highest BCUT2D eigenvalue weighted by Crippen LogP contribution is 2.25. The highest BCUT2D eigenvalue weighted by molar-refractivity contribution is 7.09. The number of aliphatic carboxylic acids is 1. The van der Waals surface area contributed by atoms with Gasteiger partial charge in [-0.1, -0.05) is 12.8 Å². The van der Waals surface area contributed by atoms with Gasteiger partial charge in [0.25, 0.3) is 0 Å². The second kappa shape index (κ2) is 5.41. The quantitative estimate of drug-likeness (QED) is 0.855. The molecule has 0 unspecified atom stereocenters. The van der Waals surface area contributed by atoms with Crippen molar-refractivity contribution in [1.29, 1.82) is 0 Å². The minimum Gasteiger partial charge on any atom is -0.480 e. The standard InChI is InChI=1S/C11H16N2O2S/c14-11(15)7-13(9-3-1-2-4-9)6-10-5-12-8-16-10/h5,8-9H,1-4,6-7H2,(H,14,15). The van der Waals surface area contributed by atoms with Gasteiger partial charge in [0.1, 0.15) is 0 Å². The number of nitrogens with zero attached hydrogens (tertiary/aromatic N) is 2. The molecule has 0 radical (unpaired) electrons. The lowest BCUT2D eigenvalue weighted by Gasteiger charge is -2.26. The highest BCUT2D eigenvalue weighted by Gasteiger charge is 2.24. The van der Waals surface area contributed by atoms with Crippen LogP contribution in [0.4, 0.5) is 0 Å². The summed E-state index contributed by atoms with van der Waals surface area (Å²) in [7, 11) is 0. The Kier molecular flexibility index (Phi) is 3.90. The van der Waals surface area contributed by atoms with E-state index in [2.05, 4.69) is 9.88 Å². The number of rotatable bonds is 5. The number of carbonyl (C=O) groups is 1. The van der Waals surface area contributed by atoms with E-state index in [0.717, 1.165) is 24.3 Å². The van der Waals surface area contributed by atoms with Gasteiger partial charge >= 0.3 is 5.97 Å². The van der Waals surface area contributed by atoms with Gasteiger partial charge in [-0.05, 0) is 12.8 Å². The van der Waals surface area contributed by atoms with Crippen LogP contribution in [0.5, 0.6) is 0 Å². The molecule has 2 rings (SSSR count). The van der Waals surface area contributed by atoms with E-state index in [1.54, 1.807) is 16.8 Å². The zero-order valence-corrected chi connectivity index (χ0v) is 9.95. The second-order valence-corrected chi connectivity index (χ2v) is 5.18. The average Bonchev–Trinajstić information content (AvgIpc) is 2.88. The monoisotopic (exact) mass is 240 g/mol. The average molecular weight is 240 g/mol. The summed E-state index contributed by atoms with van der Waals surface area (Å²) in [5, 5.41) is 8.92. The minimum absolute atomic E-state index is 0.141. The molecular formula is C11H16N2O2S. The first-order valence-corrected chi connectivity index (χ1v) is 6.47. The van der Waals surface area contributed by atoms with Crippen molar-refractivity contribution in [2.45, 2.75) is 38.3 Å². The molecule has 0 saturated heterocycles. The van der Waals surface area contributed by atoms with Crippen LogP contribution in [-0.4, -0.2) is 33.5 Å². The van der Waals surface area contributed by atoms with E-state index < -0.39 is 5.97 Å². The van der Waals surface area contributed by atoms with Crippen LogP contribution in [0.3, 0.4) is 0 Å². The van der Waals surface area contributed by atoms with Gasteiger partial charge in [0.05, 0.1) is 12.1 Å². The van der Waals surface area contributed by atoms with Gasteiger partial charge in [0.15, 0.2) is 0 Å². The zero-order chi connectivity index (χ0) is 11.4. The summed E-state index contributed by atoms with van der Waals surface area (Å²) < 4.78 is 0. The summed E-state index contributed by atoms with van der Waals surface area (Å²) in [5.74, 6) is -0.739. The predicted molar refractivity (Wildman–Crippen MR) is 62.4 cm³/mol. The van der Waals surface area contributed by atoms with Crippen molar-refractivity contribution in [3.05, 3.63) is 16.6 Å². The van der Waals surface area contributed by atoms with E-state index in [0.29, 0.717) is 6.04 Å². The summed E-state index contributed by atoms with van der Waals surface area (Å²) in [4.78, 5) is 18.1. The Morgan fingerprint density at radius 2 is 2.31 bits per heavy atom. The molecule has 0 atom stereocenters. The molecule has 5 heteroatoms. The molecule has 1 aliphatic rings. The molecule has 1 N–H and O–H groups in total. The molecule has 0 aliphatic heterocycles. The molecule has 1 aromatic rings. The number of carboxylic acid groups (broad SMARTS) is 1. The Morgan fingerprint density at radius 3 is 2.88 bits per heavy atom. The maximum atomic E-state index is 10.8. The minimum atomic E-state index is -0.739. The molecule has 16 heavy (non-hydrogen) atoms. The number of thiazole rings is 1. The molecule has 0 spiro atoms. The fraction of sp³-hybridized carbons (Fsp3) is 0.636. The van der Waals surface area contributed by atoms with Crippen LogP contribution >= 0.6 is 11.3 Å².